The van der Waals surface area contributed by atoms with E-state index in [1.807, 2.05) is 49.2 Å². The number of rotatable bonds is 3. The summed E-state index contributed by atoms with van der Waals surface area (Å²) in [7, 11) is 1.96. The van der Waals surface area contributed by atoms with Crippen molar-refractivity contribution in [2.75, 3.05) is 11.9 Å². The highest BCUT2D eigenvalue weighted by Gasteiger charge is 2.05. The molecule has 0 bridgehead atoms. The fourth-order valence-corrected chi connectivity index (χ4v) is 1.83. The minimum atomic E-state index is -0.155. The number of hydrogen-bond donors (Lipinski definition) is 0. The summed E-state index contributed by atoms with van der Waals surface area (Å²) in [6, 6.07) is 11.2. The minimum Gasteiger partial charge on any atom is -0.355 e. The molecule has 0 aliphatic heterocycles. The number of anilines is 1. The third-order valence-electron chi connectivity index (χ3n) is 2.92. The molecule has 1 aromatic heterocycles. The van der Waals surface area contributed by atoms with Crippen LogP contribution in [-0.4, -0.2) is 12.0 Å². The van der Waals surface area contributed by atoms with Gasteiger partial charge in [-0.1, -0.05) is 18.2 Å². The SMILES string of the molecule is Cc1cccc(N(C)Cc2ccc(C)c(F)c2)n1. The Labute approximate surface area is 107 Å². The lowest BCUT2D eigenvalue weighted by molar-refractivity contribution is 0.615. The fourth-order valence-electron chi connectivity index (χ4n) is 1.83. The second kappa shape index (κ2) is 5.17. The maximum absolute atomic E-state index is 13.5. The molecule has 0 saturated heterocycles. The Morgan fingerprint density at radius 3 is 2.61 bits per heavy atom. The molecule has 0 aliphatic carbocycles. The highest BCUT2D eigenvalue weighted by atomic mass is 19.1. The van der Waals surface area contributed by atoms with Crippen LogP contribution in [0.4, 0.5) is 10.2 Å². The lowest BCUT2D eigenvalue weighted by atomic mass is 10.1. The van der Waals surface area contributed by atoms with Crippen LogP contribution < -0.4 is 4.90 Å². The predicted molar refractivity (Wildman–Crippen MR) is 72.2 cm³/mol. The number of hydrogen-bond acceptors (Lipinski definition) is 2. The number of aryl methyl sites for hydroxylation is 2. The van der Waals surface area contributed by atoms with Crippen LogP contribution in [0.1, 0.15) is 16.8 Å². The van der Waals surface area contributed by atoms with Crippen molar-refractivity contribution in [2.24, 2.45) is 0 Å². The van der Waals surface area contributed by atoms with Gasteiger partial charge >= 0.3 is 0 Å². The molecule has 0 unspecified atom stereocenters. The molecule has 0 saturated carbocycles. The maximum Gasteiger partial charge on any atom is 0.128 e. The molecule has 0 radical (unpaired) electrons. The molecule has 0 aliphatic rings. The first kappa shape index (κ1) is 12.6. The first-order valence-electron chi connectivity index (χ1n) is 5.96. The molecule has 0 N–H and O–H groups in total. The average molecular weight is 244 g/mol. The van der Waals surface area contributed by atoms with E-state index in [1.165, 1.54) is 0 Å². The molecule has 3 heteroatoms. The molecule has 0 amide bonds. The van der Waals surface area contributed by atoms with E-state index in [4.69, 9.17) is 0 Å². The minimum absolute atomic E-state index is 0.155. The maximum atomic E-state index is 13.5. The Morgan fingerprint density at radius 1 is 1.17 bits per heavy atom. The van der Waals surface area contributed by atoms with Gasteiger partial charge in [-0.2, -0.15) is 0 Å². The van der Waals surface area contributed by atoms with Crippen molar-refractivity contribution >= 4 is 5.82 Å². The van der Waals surface area contributed by atoms with Crippen molar-refractivity contribution < 1.29 is 4.39 Å². The Kier molecular flexibility index (Phi) is 3.60. The zero-order chi connectivity index (χ0) is 13.1. The van der Waals surface area contributed by atoms with E-state index in [1.54, 1.807) is 13.0 Å². The van der Waals surface area contributed by atoms with Gasteiger partial charge in [0, 0.05) is 19.3 Å². The molecule has 1 aromatic carbocycles. The molecule has 1 heterocycles. The summed E-state index contributed by atoms with van der Waals surface area (Å²) in [6.45, 7) is 4.38. The van der Waals surface area contributed by atoms with Crippen LogP contribution in [0.2, 0.25) is 0 Å². The third-order valence-corrected chi connectivity index (χ3v) is 2.92. The summed E-state index contributed by atoms with van der Waals surface area (Å²) in [6.07, 6.45) is 0. The van der Waals surface area contributed by atoms with Crippen LogP contribution >= 0.6 is 0 Å². The Morgan fingerprint density at radius 2 is 1.94 bits per heavy atom. The summed E-state index contributed by atoms with van der Waals surface area (Å²) in [5, 5.41) is 0. The van der Waals surface area contributed by atoms with Crippen molar-refractivity contribution in [3.63, 3.8) is 0 Å². The molecule has 2 nitrogen and oxygen atoms in total. The summed E-state index contributed by atoms with van der Waals surface area (Å²) >= 11 is 0. The summed E-state index contributed by atoms with van der Waals surface area (Å²) in [4.78, 5) is 6.45. The van der Waals surface area contributed by atoms with Crippen LogP contribution in [0, 0.1) is 19.7 Å². The smallest absolute Gasteiger partial charge is 0.128 e. The van der Waals surface area contributed by atoms with Crippen molar-refractivity contribution in [3.05, 3.63) is 59.0 Å². The van der Waals surface area contributed by atoms with Gasteiger partial charge in [-0.25, -0.2) is 9.37 Å². The molecule has 18 heavy (non-hydrogen) atoms. The van der Waals surface area contributed by atoms with Crippen LogP contribution in [-0.2, 0) is 6.54 Å². The number of aromatic nitrogens is 1. The Bertz CT molecular complexity index is 552. The van der Waals surface area contributed by atoms with Gasteiger partial charge in [0.25, 0.3) is 0 Å². The monoisotopic (exact) mass is 244 g/mol. The van der Waals surface area contributed by atoms with E-state index in [-0.39, 0.29) is 5.82 Å². The van der Waals surface area contributed by atoms with Gasteiger partial charge in [0.15, 0.2) is 0 Å². The second-order valence-electron chi connectivity index (χ2n) is 4.58. The molecule has 0 spiro atoms. The van der Waals surface area contributed by atoms with E-state index < -0.39 is 0 Å². The first-order chi connectivity index (χ1) is 8.56. The highest BCUT2D eigenvalue weighted by molar-refractivity contribution is 5.39. The zero-order valence-corrected chi connectivity index (χ0v) is 10.9. The average Bonchev–Trinajstić information content (AvgIpc) is 2.34. The number of halogens is 1. The Hall–Kier alpha value is -1.90. The second-order valence-corrected chi connectivity index (χ2v) is 4.58. The molecule has 0 fully saturated rings. The Balaban J connectivity index is 2.16. The van der Waals surface area contributed by atoms with Crippen molar-refractivity contribution in [1.29, 1.82) is 0 Å². The van der Waals surface area contributed by atoms with Gasteiger partial charge in [0.2, 0.25) is 0 Å². The van der Waals surface area contributed by atoms with Gasteiger partial charge in [-0.05, 0) is 43.2 Å². The quantitative estimate of drug-likeness (QED) is 0.821. The normalized spacial score (nSPS) is 10.4. The largest absolute Gasteiger partial charge is 0.355 e. The number of nitrogens with zero attached hydrogens (tertiary/aromatic N) is 2. The van der Waals surface area contributed by atoms with Gasteiger partial charge in [-0.3, -0.25) is 0 Å². The molecule has 2 aromatic rings. The van der Waals surface area contributed by atoms with E-state index >= 15 is 0 Å². The molecule has 94 valence electrons. The first-order valence-corrected chi connectivity index (χ1v) is 5.96. The lowest BCUT2D eigenvalue weighted by Gasteiger charge is -2.18. The van der Waals surface area contributed by atoms with Crippen molar-refractivity contribution in [3.8, 4) is 0 Å². The fraction of sp³-hybridized carbons (Fsp3) is 0.267. The highest BCUT2D eigenvalue weighted by Crippen LogP contribution is 2.15. The van der Waals surface area contributed by atoms with Gasteiger partial charge in [-0.15, -0.1) is 0 Å². The number of pyridine rings is 1. The van der Waals surface area contributed by atoms with Gasteiger partial charge in [0.1, 0.15) is 11.6 Å². The standard InChI is InChI=1S/C15H17FN2/c1-11-7-8-13(9-14(11)16)10-18(3)15-6-4-5-12(2)17-15/h4-9H,10H2,1-3H3. The predicted octanol–water partition coefficient (Wildman–Crippen LogP) is 3.47. The van der Waals surface area contributed by atoms with E-state index in [9.17, 15) is 4.39 Å². The lowest BCUT2D eigenvalue weighted by Crippen LogP contribution is -2.18. The van der Waals surface area contributed by atoms with Crippen LogP contribution in [0.3, 0.4) is 0 Å². The molecular formula is C15H17FN2. The summed E-state index contributed by atoms with van der Waals surface area (Å²) in [5.74, 6) is 0.745. The van der Waals surface area contributed by atoms with E-state index in [2.05, 4.69) is 4.98 Å². The summed E-state index contributed by atoms with van der Waals surface area (Å²) in [5.41, 5.74) is 2.61. The molecule has 2 rings (SSSR count). The van der Waals surface area contributed by atoms with Gasteiger partial charge < -0.3 is 4.90 Å². The zero-order valence-electron chi connectivity index (χ0n) is 10.9. The van der Waals surface area contributed by atoms with Crippen LogP contribution in [0.5, 0.6) is 0 Å². The topological polar surface area (TPSA) is 16.1 Å². The third kappa shape index (κ3) is 2.86. The van der Waals surface area contributed by atoms with E-state index in [0.29, 0.717) is 12.1 Å². The van der Waals surface area contributed by atoms with Crippen LogP contribution in [0.15, 0.2) is 36.4 Å². The molecule has 0 atom stereocenters. The van der Waals surface area contributed by atoms with E-state index in [0.717, 1.165) is 17.1 Å². The molecular weight excluding hydrogens is 227 g/mol. The summed E-state index contributed by atoms with van der Waals surface area (Å²) < 4.78 is 13.5. The van der Waals surface area contributed by atoms with Crippen molar-refractivity contribution in [1.82, 2.24) is 4.98 Å². The van der Waals surface area contributed by atoms with Crippen LogP contribution in [0.25, 0.3) is 0 Å². The van der Waals surface area contributed by atoms with Gasteiger partial charge in [0.05, 0.1) is 0 Å². The van der Waals surface area contributed by atoms with Crippen molar-refractivity contribution in [2.45, 2.75) is 20.4 Å². The number of benzene rings is 1.